The SMILES string of the molecule is Cc1nc(SCC(=O)Nc2c(F)cccc2F)[nH]c(=O)c1Cc1ccccc1. The summed E-state index contributed by atoms with van der Waals surface area (Å²) in [6, 6.07) is 12.9. The molecule has 3 aromatic rings. The quantitative estimate of drug-likeness (QED) is 0.488. The number of carbonyl (C=O) groups excluding carboxylic acids is 1. The van der Waals surface area contributed by atoms with Gasteiger partial charge < -0.3 is 10.3 Å². The fourth-order valence-electron chi connectivity index (χ4n) is 2.59. The Morgan fingerprint density at radius 3 is 2.43 bits per heavy atom. The first-order valence-electron chi connectivity index (χ1n) is 8.44. The summed E-state index contributed by atoms with van der Waals surface area (Å²) in [7, 11) is 0. The number of anilines is 1. The summed E-state index contributed by atoms with van der Waals surface area (Å²) in [4.78, 5) is 31.3. The van der Waals surface area contributed by atoms with Gasteiger partial charge in [-0.05, 0) is 24.6 Å². The van der Waals surface area contributed by atoms with Crippen molar-refractivity contribution in [3.05, 3.63) is 87.3 Å². The van der Waals surface area contributed by atoms with Gasteiger partial charge in [0.25, 0.3) is 5.56 Å². The summed E-state index contributed by atoms with van der Waals surface area (Å²) in [5.74, 6) is -2.48. The van der Waals surface area contributed by atoms with Crippen molar-refractivity contribution >= 4 is 23.4 Å². The monoisotopic (exact) mass is 401 g/mol. The van der Waals surface area contributed by atoms with E-state index < -0.39 is 23.2 Å². The highest BCUT2D eigenvalue weighted by Gasteiger charge is 2.14. The van der Waals surface area contributed by atoms with Gasteiger partial charge in [0.05, 0.1) is 5.75 Å². The number of benzene rings is 2. The molecular formula is C20H17F2N3O2S. The Morgan fingerprint density at radius 1 is 1.11 bits per heavy atom. The number of nitrogens with zero attached hydrogens (tertiary/aromatic N) is 1. The fourth-order valence-corrected chi connectivity index (χ4v) is 3.29. The van der Waals surface area contributed by atoms with Gasteiger partial charge in [0.1, 0.15) is 17.3 Å². The molecule has 0 unspecified atom stereocenters. The van der Waals surface area contributed by atoms with E-state index in [1.165, 1.54) is 6.07 Å². The lowest BCUT2D eigenvalue weighted by Gasteiger charge is -2.09. The number of hydrogen-bond donors (Lipinski definition) is 2. The van der Waals surface area contributed by atoms with E-state index >= 15 is 0 Å². The molecule has 0 fully saturated rings. The predicted molar refractivity (Wildman–Crippen MR) is 105 cm³/mol. The number of nitrogens with one attached hydrogen (secondary N) is 2. The number of halogens is 2. The van der Waals surface area contributed by atoms with E-state index in [1.807, 2.05) is 30.3 Å². The van der Waals surface area contributed by atoms with Crippen LogP contribution in [0.15, 0.2) is 58.5 Å². The number of rotatable bonds is 6. The van der Waals surface area contributed by atoms with Gasteiger partial charge in [-0.1, -0.05) is 48.2 Å². The van der Waals surface area contributed by atoms with E-state index in [0.717, 1.165) is 29.5 Å². The van der Waals surface area contributed by atoms with E-state index in [-0.39, 0.29) is 16.5 Å². The third kappa shape index (κ3) is 4.83. The first-order valence-corrected chi connectivity index (χ1v) is 9.43. The largest absolute Gasteiger partial charge is 0.320 e. The number of amides is 1. The zero-order valence-corrected chi connectivity index (χ0v) is 15.8. The fraction of sp³-hybridized carbons (Fsp3) is 0.150. The molecule has 0 atom stereocenters. The van der Waals surface area contributed by atoms with Gasteiger partial charge in [0, 0.05) is 17.7 Å². The van der Waals surface area contributed by atoms with Crippen LogP contribution in [0.5, 0.6) is 0 Å². The Balaban J connectivity index is 1.66. The molecule has 0 bridgehead atoms. The molecule has 3 rings (SSSR count). The van der Waals surface area contributed by atoms with Gasteiger partial charge in [0.15, 0.2) is 5.16 Å². The van der Waals surface area contributed by atoms with Crippen LogP contribution in [-0.4, -0.2) is 21.6 Å². The second-order valence-electron chi connectivity index (χ2n) is 6.03. The molecule has 0 aliphatic heterocycles. The van der Waals surface area contributed by atoms with Gasteiger partial charge >= 0.3 is 0 Å². The van der Waals surface area contributed by atoms with Crippen LogP contribution in [-0.2, 0) is 11.2 Å². The number of aromatic amines is 1. The summed E-state index contributed by atoms with van der Waals surface area (Å²) in [5, 5.41) is 2.46. The predicted octanol–water partition coefficient (Wildman–Crippen LogP) is 3.68. The van der Waals surface area contributed by atoms with Crippen LogP contribution in [0.4, 0.5) is 14.5 Å². The van der Waals surface area contributed by atoms with Crippen molar-refractivity contribution < 1.29 is 13.6 Å². The van der Waals surface area contributed by atoms with Crippen molar-refractivity contribution in [1.29, 1.82) is 0 Å². The summed E-state index contributed by atoms with van der Waals surface area (Å²) >= 11 is 0.979. The number of H-pyrrole nitrogens is 1. The second kappa shape index (κ2) is 8.79. The lowest BCUT2D eigenvalue weighted by molar-refractivity contribution is -0.113. The smallest absolute Gasteiger partial charge is 0.255 e. The third-order valence-corrected chi connectivity index (χ3v) is 4.86. The Labute approximate surface area is 164 Å². The molecule has 1 heterocycles. The van der Waals surface area contributed by atoms with Crippen molar-refractivity contribution in [2.75, 3.05) is 11.1 Å². The van der Waals surface area contributed by atoms with E-state index in [9.17, 15) is 18.4 Å². The Bertz CT molecular complexity index is 1030. The second-order valence-corrected chi connectivity index (χ2v) is 6.99. The summed E-state index contributed by atoms with van der Waals surface area (Å²) in [6.45, 7) is 1.73. The van der Waals surface area contributed by atoms with Crippen molar-refractivity contribution in [2.45, 2.75) is 18.5 Å². The minimum absolute atomic E-state index is 0.159. The summed E-state index contributed by atoms with van der Waals surface area (Å²) in [6.07, 6.45) is 0.451. The molecule has 2 N–H and O–H groups in total. The van der Waals surface area contributed by atoms with Gasteiger partial charge in [0.2, 0.25) is 5.91 Å². The molecule has 2 aromatic carbocycles. The van der Waals surface area contributed by atoms with E-state index in [1.54, 1.807) is 6.92 Å². The van der Waals surface area contributed by atoms with Crippen LogP contribution in [0.2, 0.25) is 0 Å². The molecule has 28 heavy (non-hydrogen) atoms. The molecule has 144 valence electrons. The van der Waals surface area contributed by atoms with Gasteiger partial charge in [-0.2, -0.15) is 0 Å². The maximum Gasteiger partial charge on any atom is 0.255 e. The molecule has 0 aliphatic carbocycles. The van der Waals surface area contributed by atoms with Crippen LogP contribution >= 0.6 is 11.8 Å². The molecule has 0 saturated heterocycles. The molecule has 5 nitrogen and oxygen atoms in total. The number of aryl methyl sites for hydroxylation is 1. The Morgan fingerprint density at radius 2 is 1.79 bits per heavy atom. The molecule has 0 spiro atoms. The van der Waals surface area contributed by atoms with Crippen LogP contribution in [0.25, 0.3) is 0 Å². The summed E-state index contributed by atoms with van der Waals surface area (Å²) < 4.78 is 27.2. The molecule has 0 radical (unpaired) electrons. The van der Waals surface area contributed by atoms with Crippen LogP contribution < -0.4 is 10.9 Å². The highest BCUT2D eigenvalue weighted by molar-refractivity contribution is 7.99. The normalized spacial score (nSPS) is 10.7. The maximum atomic E-state index is 13.6. The van der Waals surface area contributed by atoms with E-state index in [4.69, 9.17) is 0 Å². The van der Waals surface area contributed by atoms with Crippen molar-refractivity contribution in [1.82, 2.24) is 9.97 Å². The lowest BCUT2D eigenvalue weighted by atomic mass is 10.1. The van der Waals surface area contributed by atoms with E-state index in [0.29, 0.717) is 17.7 Å². The minimum Gasteiger partial charge on any atom is -0.320 e. The molecule has 0 saturated carbocycles. The third-order valence-electron chi connectivity index (χ3n) is 3.99. The van der Waals surface area contributed by atoms with Crippen molar-refractivity contribution in [2.24, 2.45) is 0 Å². The molecule has 8 heteroatoms. The molecule has 0 aliphatic rings. The first kappa shape index (κ1) is 19.8. The van der Waals surface area contributed by atoms with Crippen LogP contribution in [0.1, 0.15) is 16.8 Å². The van der Waals surface area contributed by atoms with Gasteiger partial charge in [-0.25, -0.2) is 13.8 Å². The first-order chi connectivity index (χ1) is 13.4. The number of carbonyl (C=O) groups is 1. The summed E-state index contributed by atoms with van der Waals surface area (Å²) in [5.41, 5.74) is 1.33. The molecule has 1 aromatic heterocycles. The van der Waals surface area contributed by atoms with Crippen molar-refractivity contribution in [3.8, 4) is 0 Å². The maximum absolute atomic E-state index is 13.6. The minimum atomic E-state index is -0.856. The number of thioether (sulfide) groups is 1. The van der Waals surface area contributed by atoms with Crippen LogP contribution in [0, 0.1) is 18.6 Å². The Hall–Kier alpha value is -3.00. The number of para-hydroxylation sites is 1. The average molecular weight is 401 g/mol. The van der Waals surface area contributed by atoms with Gasteiger partial charge in [-0.15, -0.1) is 0 Å². The number of aromatic nitrogens is 2. The average Bonchev–Trinajstić information content (AvgIpc) is 2.67. The van der Waals surface area contributed by atoms with Crippen molar-refractivity contribution in [3.63, 3.8) is 0 Å². The lowest BCUT2D eigenvalue weighted by Crippen LogP contribution is -2.19. The highest BCUT2D eigenvalue weighted by Crippen LogP contribution is 2.19. The standard InChI is InChI=1S/C20H17F2N3O2S/c1-12-14(10-13-6-3-2-4-7-13)19(27)25-20(23-12)28-11-17(26)24-18-15(21)8-5-9-16(18)22/h2-9H,10-11H2,1H3,(H,24,26)(H,23,25,27). The van der Waals surface area contributed by atoms with Gasteiger partial charge in [-0.3, -0.25) is 9.59 Å². The number of hydrogen-bond acceptors (Lipinski definition) is 4. The highest BCUT2D eigenvalue weighted by atomic mass is 32.2. The zero-order valence-electron chi connectivity index (χ0n) is 15.0. The Kier molecular flexibility index (Phi) is 6.20. The van der Waals surface area contributed by atoms with E-state index in [2.05, 4.69) is 15.3 Å². The zero-order chi connectivity index (χ0) is 20.1. The molecule has 1 amide bonds. The topological polar surface area (TPSA) is 74.8 Å². The van der Waals surface area contributed by atoms with Crippen LogP contribution in [0.3, 0.4) is 0 Å². The molecular weight excluding hydrogens is 384 g/mol.